The monoisotopic (exact) mass is 393 g/mol. The molecule has 0 aliphatic rings. The Hall–Kier alpha value is -0.350. The van der Waals surface area contributed by atoms with Crippen LogP contribution in [0, 0.1) is 0 Å². The summed E-state index contributed by atoms with van der Waals surface area (Å²) >= 11 is 0. The smallest absolute Gasteiger partial charge is 0.327 e. The SMILES string of the molecule is C=CC(=O)O.CCCC[N+](CCCC)(CCCC)CCCC.[Br-]. The Kier molecular flexibility index (Phi) is 23.5. The number of nitrogens with zero attached hydrogens (tertiary/aromatic N) is 1. The molecule has 0 saturated carbocycles. The summed E-state index contributed by atoms with van der Waals surface area (Å²) in [5, 5.41) is 7.60. The minimum Gasteiger partial charge on any atom is -1.00 e. The molecule has 0 saturated heterocycles. The first-order valence-electron chi connectivity index (χ1n) is 9.22. The van der Waals surface area contributed by atoms with Gasteiger partial charge in [0.2, 0.25) is 0 Å². The molecule has 140 valence electrons. The highest BCUT2D eigenvalue weighted by molar-refractivity contribution is 5.78. The van der Waals surface area contributed by atoms with Crippen LogP contribution in [0.15, 0.2) is 12.7 Å². The standard InChI is InChI=1S/C16H36N.C3H4O2.BrH/c1-5-9-13-17(14-10-6-2,15-11-7-3)16-12-8-4;1-2-3(4)5;/h5-16H2,1-4H3;2H,1H2,(H,4,5);1H/q+1;;/p-1. The maximum atomic E-state index is 9.25. The average Bonchev–Trinajstić information content (AvgIpc) is 2.54. The van der Waals surface area contributed by atoms with Gasteiger partial charge in [-0.15, -0.1) is 0 Å². The fourth-order valence-corrected chi connectivity index (χ4v) is 2.64. The van der Waals surface area contributed by atoms with Crippen LogP contribution in [0.25, 0.3) is 0 Å². The van der Waals surface area contributed by atoms with E-state index in [1.54, 1.807) is 0 Å². The van der Waals surface area contributed by atoms with E-state index in [4.69, 9.17) is 5.11 Å². The molecule has 0 atom stereocenters. The molecule has 0 radical (unpaired) electrons. The second-order valence-electron chi connectivity index (χ2n) is 6.19. The van der Waals surface area contributed by atoms with Crippen LogP contribution in [-0.4, -0.2) is 41.7 Å². The van der Waals surface area contributed by atoms with Crippen molar-refractivity contribution in [1.82, 2.24) is 0 Å². The zero-order valence-electron chi connectivity index (χ0n) is 16.0. The summed E-state index contributed by atoms with van der Waals surface area (Å²) in [5.41, 5.74) is 0. The van der Waals surface area contributed by atoms with Gasteiger partial charge in [0.05, 0.1) is 26.2 Å². The highest BCUT2D eigenvalue weighted by Gasteiger charge is 2.24. The number of halogens is 1. The van der Waals surface area contributed by atoms with Gasteiger partial charge in [0.25, 0.3) is 0 Å². The van der Waals surface area contributed by atoms with Crippen LogP contribution in [0.2, 0.25) is 0 Å². The highest BCUT2D eigenvalue weighted by atomic mass is 79.9. The first-order valence-corrected chi connectivity index (χ1v) is 9.22. The predicted molar refractivity (Wildman–Crippen MR) is 97.2 cm³/mol. The summed E-state index contributed by atoms with van der Waals surface area (Å²) < 4.78 is 1.42. The van der Waals surface area contributed by atoms with E-state index in [9.17, 15) is 4.79 Å². The van der Waals surface area contributed by atoms with E-state index in [-0.39, 0.29) is 17.0 Å². The Labute approximate surface area is 155 Å². The topological polar surface area (TPSA) is 37.3 Å². The van der Waals surface area contributed by atoms with E-state index < -0.39 is 5.97 Å². The van der Waals surface area contributed by atoms with Gasteiger partial charge in [-0.2, -0.15) is 0 Å². The second-order valence-corrected chi connectivity index (χ2v) is 6.19. The normalized spacial score (nSPS) is 10.3. The summed E-state index contributed by atoms with van der Waals surface area (Å²) in [6.45, 7) is 18.0. The van der Waals surface area contributed by atoms with E-state index >= 15 is 0 Å². The number of carbonyl (C=O) groups is 1. The zero-order valence-corrected chi connectivity index (χ0v) is 17.5. The number of rotatable bonds is 13. The van der Waals surface area contributed by atoms with Crippen molar-refractivity contribution < 1.29 is 31.4 Å². The number of carboxylic acid groups (broad SMARTS) is 1. The predicted octanol–water partition coefficient (Wildman–Crippen LogP) is 2.26. The molecular formula is C19H40BrNO2. The van der Waals surface area contributed by atoms with Crippen LogP contribution in [-0.2, 0) is 4.79 Å². The third-order valence-corrected chi connectivity index (χ3v) is 4.12. The van der Waals surface area contributed by atoms with Crippen molar-refractivity contribution in [3.63, 3.8) is 0 Å². The van der Waals surface area contributed by atoms with Gasteiger partial charge in [-0.3, -0.25) is 0 Å². The molecule has 0 aromatic rings. The molecule has 0 amide bonds. The third-order valence-electron chi connectivity index (χ3n) is 4.12. The van der Waals surface area contributed by atoms with Gasteiger partial charge in [-0.25, -0.2) is 4.79 Å². The lowest BCUT2D eigenvalue weighted by atomic mass is 10.1. The molecule has 3 nitrogen and oxygen atoms in total. The number of unbranched alkanes of at least 4 members (excludes halogenated alkanes) is 4. The molecule has 0 aliphatic heterocycles. The number of quaternary nitrogens is 1. The molecule has 0 heterocycles. The summed E-state index contributed by atoms with van der Waals surface area (Å²) in [7, 11) is 0. The van der Waals surface area contributed by atoms with Gasteiger partial charge in [-0.05, 0) is 25.7 Å². The van der Waals surface area contributed by atoms with Gasteiger partial charge in [-0.1, -0.05) is 60.0 Å². The fourth-order valence-electron chi connectivity index (χ4n) is 2.64. The number of aliphatic carboxylic acids is 1. The first-order chi connectivity index (χ1) is 10.5. The van der Waals surface area contributed by atoms with Crippen molar-refractivity contribution in [3.8, 4) is 0 Å². The van der Waals surface area contributed by atoms with E-state index in [2.05, 4.69) is 34.3 Å². The van der Waals surface area contributed by atoms with Crippen molar-refractivity contribution >= 4 is 5.97 Å². The van der Waals surface area contributed by atoms with Crippen LogP contribution >= 0.6 is 0 Å². The van der Waals surface area contributed by atoms with Crippen molar-refractivity contribution in [1.29, 1.82) is 0 Å². The lowest BCUT2D eigenvalue weighted by molar-refractivity contribution is -0.929. The molecule has 0 aromatic carbocycles. The van der Waals surface area contributed by atoms with Gasteiger partial charge >= 0.3 is 5.97 Å². The Balaban J connectivity index is -0.000000578. The zero-order chi connectivity index (χ0) is 17.3. The molecule has 0 aromatic heterocycles. The van der Waals surface area contributed by atoms with Crippen molar-refractivity contribution in [2.24, 2.45) is 0 Å². The minimum atomic E-state index is -0.981. The summed E-state index contributed by atoms with van der Waals surface area (Å²) in [4.78, 5) is 9.25. The molecule has 0 rings (SSSR count). The maximum absolute atomic E-state index is 9.25. The Morgan fingerprint density at radius 1 is 0.826 bits per heavy atom. The van der Waals surface area contributed by atoms with Crippen molar-refractivity contribution in [3.05, 3.63) is 12.7 Å². The Morgan fingerprint density at radius 3 is 1.17 bits per heavy atom. The van der Waals surface area contributed by atoms with Gasteiger partial charge in [0, 0.05) is 6.08 Å². The largest absolute Gasteiger partial charge is 1.00 e. The first kappa shape index (κ1) is 27.5. The highest BCUT2D eigenvalue weighted by Crippen LogP contribution is 2.16. The average molecular weight is 394 g/mol. The van der Waals surface area contributed by atoms with Crippen LogP contribution < -0.4 is 17.0 Å². The molecule has 1 N–H and O–H groups in total. The van der Waals surface area contributed by atoms with Crippen molar-refractivity contribution in [2.45, 2.75) is 79.1 Å². The van der Waals surface area contributed by atoms with Gasteiger partial charge < -0.3 is 26.6 Å². The minimum absolute atomic E-state index is 0. The number of hydrogen-bond donors (Lipinski definition) is 1. The molecule has 0 bridgehead atoms. The van der Waals surface area contributed by atoms with Crippen LogP contribution in [0.5, 0.6) is 0 Å². The Morgan fingerprint density at radius 2 is 1.04 bits per heavy atom. The fraction of sp³-hybridized carbons (Fsp3) is 0.842. The van der Waals surface area contributed by atoms with E-state index in [1.807, 2.05) is 0 Å². The number of hydrogen-bond acceptors (Lipinski definition) is 1. The summed E-state index contributed by atoms with van der Waals surface area (Å²) in [6.07, 6.45) is 11.9. The molecule has 0 fully saturated rings. The lowest BCUT2D eigenvalue weighted by Crippen LogP contribution is -3.00. The summed E-state index contributed by atoms with van der Waals surface area (Å²) in [6, 6.07) is 0. The van der Waals surface area contributed by atoms with Crippen molar-refractivity contribution in [2.75, 3.05) is 26.2 Å². The van der Waals surface area contributed by atoms with E-state index in [1.165, 1.54) is 82.0 Å². The Bertz CT molecular complexity index is 233. The third kappa shape index (κ3) is 17.8. The van der Waals surface area contributed by atoms with E-state index in [0.29, 0.717) is 0 Å². The molecule has 23 heavy (non-hydrogen) atoms. The van der Waals surface area contributed by atoms with Crippen LogP contribution in [0.4, 0.5) is 0 Å². The second kappa shape index (κ2) is 19.7. The van der Waals surface area contributed by atoms with Crippen LogP contribution in [0.1, 0.15) is 79.1 Å². The molecule has 4 heteroatoms. The van der Waals surface area contributed by atoms with Gasteiger partial charge in [0.1, 0.15) is 0 Å². The lowest BCUT2D eigenvalue weighted by Gasteiger charge is -2.39. The summed E-state index contributed by atoms with van der Waals surface area (Å²) in [5.74, 6) is -0.981. The molecule has 0 aliphatic carbocycles. The number of carboxylic acids is 1. The van der Waals surface area contributed by atoms with Gasteiger partial charge in [0.15, 0.2) is 0 Å². The van der Waals surface area contributed by atoms with E-state index in [0.717, 1.165) is 6.08 Å². The maximum Gasteiger partial charge on any atom is 0.327 e. The van der Waals surface area contributed by atoms with Crippen LogP contribution in [0.3, 0.4) is 0 Å². The quantitative estimate of drug-likeness (QED) is 0.384. The molecule has 0 unspecified atom stereocenters. The molecule has 0 spiro atoms. The molecular weight excluding hydrogens is 354 g/mol.